The summed E-state index contributed by atoms with van der Waals surface area (Å²) in [4.78, 5) is 2.47. The van der Waals surface area contributed by atoms with Gasteiger partial charge >= 0.3 is 0 Å². The fourth-order valence-corrected chi connectivity index (χ4v) is 3.75. The molecule has 4 rings (SSSR count). The highest BCUT2D eigenvalue weighted by atomic mass is 16.5. The highest BCUT2D eigenvalue weighted by Gasteiger charge is 2.30. The Labute approximate surface area is 159 Å². The Bertz CT molecular complexity index is 890. The summed E-state index contributed by atoms with van der Waals surface area (Å²) in [6.45, 7) is 5.21. The highest BCUT2D eigenvalue weighted by molar-refractivity contribution is 5.32. The first-order valence-electron chi connectivity index (χ1n) is 9.38. The van der Waals surface area contributed by atoms with Crippen molar-refractivity contribution in [1.82, 2.24) is 25.1 Å². The number of hydrogen-bond acceptors (Lipinski definition) is 5. The van der Waals surface area contributed by atoms with Crippen molar-refractivity contribution in [3.8, 4) is 0 Å². The topological polar surface area (TPSA) is 56.1 Å². The molecule has 1 aliphatic heterocycles. The van der Waals surface area contributed by atoms with E-state index in [1.165, 1.54) is 22.3 Å². The van der Waals surface area contributed by atoms with Crippen LogP contribution in [-0.4, -0.2) is 45.4 Å². The van der Waals surface area contributed by atoms with Gasteiger partial charge < -0.3 is 4.74 Å². The summed E-state index contributed by atoms with van der Waals surface area (Å²) < 4.78 is 7.10. The van der Waals surface area contributed by atoms with Crippen molar-refractivity contribution >= 4 is 0 Å². The van der Waals surface area contributed by atoms with Gasteiger partial charge in [-0.2, -0.15) is 0 Å². The zero-order valence-corrected chi connectivity index (χ0v) is 15.9. The maximum atomic E-state index is 5.23. The number of aryl methyl sites for hydroxylation is 1. The molecule has 2 aromatic carbocycles. The molecule has 1 unspecified atom stereocenters. The van der Waals surface area contributed by atoms with Crippen LogP contribution in [0.4, 0.5) is 0 Å². The molecule has 27 heavy (non-hydrogen) atoms. The third-order valence-corrected chi connectivity index (χ3v) is 5.23. The predicted octanol–water partition coefficient (Wildman–Crippen LogP) is 2.78. The fourth-order valence-electron chi connectivity index (χ4n) is 3.75. The van der Waals surface area contributed by atoms with Gasteiger partial charge in [-0.25, -0.2) is 4.68 Å². The van der Waals surface area contributed by atoms with Crippen LogP contribution in [-0.2, 0) is 24.2 Å². The van der Waals surface area contributed by atoms with Gasteiger partial charge in [0.1, 0.15) is 0 Å². The summed E-state index contributed by atoms with van der Waals surface area (Å²) in [6, 6.07) is 17.4. The van der Waals surface area contributed by atoms with Crippen LogP contribution >= 0.6 is 0 Å². The molecular formula is C21H25N5O. The van der Waals surface area contributed by atoms with E-state index in [9.17, 15) is 0 Å². The van der Waals surface area contributed by atoms with E-state index in [4.69, 9.17) is 4.74 Å². The first-order valence-corrected chi connectivity index (χ1v) is 9.38. The molecule has 0 saturated heterocycles. The Morgan fingerprint density at radius 2 is 1.85 bits per heavy atom. The standard InChI is InChI=1S/C21H25N5O/c1-16-7-9-18(10-8-16)20(21-22-23-24-26(21)13-14-27-2)25-12-11-17-5-3-4-6-19(17)15-25/h3-10,20H,11-15H2,1-2H3. The van der Waals surface area contributed by atoms with E-state index in [1.807, 2.05) is 4.68 Å². The van der Waals surface area contributed by atoms with Crippen LogP contribution < -0.4 is 0 Å². The average molecular weight is 363 g/mol. The zero-order chi connectivity index (χ0) is 18.6. The normalized spacial score (nSPS) is 15.5. The molecule has 0 spiro atoms. The largest absolute Gasteiger partial charge is 0.383 e. The number of ether oxygens (including phenoxy) is 1. The second kappa shape index (κ2) is 7.98. The highest BCUT2D eigenvalue weighted by Crippen LogP contribution is 2.32. The summed E-state index contributed by atoms with van der Waals surface area (Å²) >= 11 is 0. The molecule has 1 atom stereocenters. The maximum absolute atomic E-state index is 5.23. The minimum atomic E-state index is 0.0193. The van der Waals surface area contributed by atoms with Crippen molar-refractivity contribution in [2.45, 2.75) is 32.5 Å². The number of aromatic nitrogens is 4. The maximum Gasteiger partial charge on any atom is 0.173 e. The van der Waals surface area contributed by atoms with Gasteiger partial charge in [0.2, 0.25) is 0 Å². The molecule has 6 nitrogen and oxygen atoms in total. The summed E-state index contributed by atoms with van der Waals surface area (Å²) in [5.74, 6) is 0.871. The number of benzene rings is 2. The third-order valence-electron chi connectivity index (χ3n) is 5.23. The lowest BCUT2D eigenvalue weighted by Gasteiger charge is -2.35. The lowest BCUT2D eigenvalue weighted by Crippen LogP contribution is -2.36. The molecule has 1 aromatic heterocycles. The molecular weight excluding hydrogens is 338 g/mol. The third kappa shape index (κ3) is 3.77. The molecule has 140 valence electrons. The minimum absolute atomic E-state index is 0.0193. The van der Waals surface area contributed by atoms with Crippen LogP contribution in [0.25, 0.3) is 0 Å². The van der Waals surface area contributed by atoms with E-state index < -0.39 is 0 Å². The van der Waals surface area contributed by atoms with E-state index in [0.29, 0.717) is 13.2 Å². The van der Waals surface area contributed by atoms with Crippen LogP contribution in [0, 0.1) is 6.92 Å². The second-order valence-electron chi connectivity index (χ2n) is 7.06. The number of rotatable bonds is 6. The Morgan fingerprint density at radius 3 is 2.63 bits per heavy atom. The molecule has 0 N–H and O–H groups in total. The first kappa shape index (κ1) is 17.8. The van der Waals surface area contributed by atoms with E-state index in [-0.39, 0.29) is 6.04 Å². The van der Waals surface area contributed by atoms with Crippen molar-refractivity contribution in [3.63, 3.8) is 0 Å². The van der Waals surface area contributed by atoms with E-state index in [2.05, 4.69) is 75.9 Å². The Balaban J connectivity index is 1.71. The summed E-state index contributed by atoms with van der Waals surface area (Å²) in [5.41, 5.74) is 5.29. The number of tetrazole rings is 1. The van der Waals surface area contributed by atoms with Gasteiger partial charge in [-0.05, 0) is 40.5 Å². The van der Waals surface area contributed by atoms with Gasteiger partial charge in [-0.3, -0.25) is 4.90 Å². The average Bonchev–Trinajstić information content (AvgIpc) is 3.16. The van der Waals surface area contributed by atoms with Gasteiger partial charge in [-0.1, -0.05) is 54.1 Å². The quantitative estimate of drug-likeness (QED) is 0.674. The molecule has 0 radical (unpaired) electrons. The Morgan fingerprint density at radius 1 is 1.07 bits per heavy atom. The van der Waals surface area contributed by atoms with Crippen molar-refractivity contribution < 1.29 is 4.74 Å². The van der Waals surface area contributed by atoms with E-state index in [0.717, 1.165) is 25.3 Å². The molecule has 6 heteroatoms. The van der Waals surface area contributed by atoms with Crippen molar-refractivity contribution in [3.05, 3.63) is 76.6 Å². The number of methoxy groups -OCH3 is 1. The molecule has 0 aliphatic carbocycles. The Hall–Kier alpha value is -2.57. The number of fused-ring (bicyclic) bond motifs is 1. The summed E-state index contributed by atoms with van der Waals surface area (Å²) in [7, 11) is 1.70. The molecule has 0 amide bonds. The zero-order valence-electron chi connectivity index (χ0n) is 15.9. The van der Waals surface area contributed by atoms with Gasteiger partial charge in [0.05, 0.1) is 19.2 Å². The monoisotopic (exact) mass is 363 g/mol. The van der Waals surface area contributed by atoms with Gasteiger partial charge in [-0.15, -0.1) is 5.10 Å². The van der Waals surface area contributed by atoms with Gasteiger partial charge in [0.15, 0.2) is 5.82 Å². The van der Waals surface area contributed by atoms with Crippen molar-refractivity contribution in [1.29, 1.82) is 0 Å². The van der Waals surface area contributed by atoms with Crippen LogP contribution in [0.5, 0.6) is 0 Å². The van der Waals surface area contributed by atoms with Crippen molar-refractivity contribution in [2.75, 3.05) is 20.3 Å². The predicted molar refractivity (Wildman–Crippen MR) is 103 cm³/mol. The van der Waals surface area contributed by atoms with E-state index in [1.54, 1.807) is 7.11 Å². The molecule has 1 aliphatic rings. The molecule has 3 aromatic rings. The van der Waals surface area contributed by atoms with E-state index >= 15 is 0 Å². The van der Waals surface area contributed by atoms with Crippen LogP contribution in [0.1, 0.15) is 34.1 Å². The molecule has 2 heterocycles. The lowest BCUT2D eigenvalue weighted by molar-refractivity contribution is 0.170. The smallest absolute Gasteiger partial charge is 0.173 e. The summed E-state index contributed by atoms with van der Waals surface area (Å²) in [6.07, 6.45) is 1.04. The SMILES string of the molecule is COCCn1nnnc1C(c1ccc(C)cc1)N1CCc2ccccc2C1. The molecule has 0 fully saturated rings. The Kier molecular flexibility index (Phi) is 5.27. The van der Waals surface area contributed by atoms with Crippen LogP contribution in [0.15, 0.2) is 48.5 Å². The lowest BCUT2D eigenvalue weighted by atomic mass is 9.95. The number of nitrogens with zero attached hydrogens (tertiary/aromatic N) is 5. The first-order chi connectivity index (χ1) is 13.3. The fraction of sp³-hybridized carbons (Fsp3) is 0.381. The molecule has 0 saturated carbocycles. The van der Waals surface area contributed by atoms with Crippen molar-refractivity contribution in [2.24, 2.45) is 0 Å². The van der Waals surface area contributed by atoms with Crippen LogP contribution in [0.3, 0.4) is 0 Å². The van der Waals surface area contributed by atoms with Crippen LogP contribution in [0.2, 0.25) is 0 Å². The van der Waals surface area contributed by atoms with Gasteiger partial charge in [0, 0.05) is 20.2 Å². The number of hydrogen-bond donors (Lipinski definition) is 0. The summed E-state index contributed by atoms with van der Waals surface area (Å²) in [5, 5.41) is 12.6. The molecule has 0 bridgehead atoms. The second-order valence-corrected chi connectivity index (χ2v) is 7.06. The minimum Gasteiger partial charge on any atom is -0.383 e. The van der Waals surface area contributed by atoms with Gasteiger partial charge in [0.25, 0.3) is 0 Å².